The van der Waals surface area contributed by atoms with E-state index in [4.69, 9.17) is 14.2 Å². The van der Waals surface area contributed by atoms with Gasteiger partial charge in [0, 0.05) is 23.4 Å². The van der Waals surface area contributed by atoms with Gasteiger partial charge in [-0.25, -0.2) is 0 Å². The van der Waals surface area contributed by atoms with Gasteiger partial charge in [0.1, 0.15) is 6.04 Å². The molecule has 0 saturated carbocycles. The van der Waals surface area contributed by atoms with Gasteiger partial charge in [-0.1, -0.05) is 24.3 Å². The van der Waals surface area contributed by atoms with Crippen molar-refractivity contribution in [3.05, 3.63) is 83.2 Å². The summed E-state index contributed by atoms with van der Waals surface area (Å²) in [4.78, 5) is 14.9. The highest BCUT2D eigenvalue weighted by Crippen LogP contribution is 2.50. The summed E-state index contributed by atoms with van der Waals surface area (Å²) < 4.78 is 18.9. The lowest BCUT2D eigenvalue weighted by molar-refractivity contribution is 0.102. The number of carbonyl (C=O) groups excluding carboxylic acids is 1. The highest BCUT2D eigenvalue weighted by atomic mass is 16.7. The van der Waals surface area contributed by atoms with Gasteiger partial charge in [0.25, 0.3) is 5.91 Å². The molecule has 1 atom stereocenters. The van der Waals surface area contributed by atoms with Gasteiger partial charge in [-0.2, -0.15) is 4.68 Å². The van der Waals surface area contributed by atoms with Crippen molar-refractivity contribution < 1.29 is 19.0 Å². The van der Waals surface area contributed by atoms with Gasteiger partial charge in [-0.15, -0.1) is 5.10 Å². The summed E-state index contributed by atoms with van der Waals surface area (Å²) in [6.45, 7) is 0.967. The van der Waals surface area contributed by atoms with E-state index < -0.39 is 0 Å². The largest absolute Gasteiger partial charge is 0.492 e. The highest BCUT2D eigenvalue weighted by molar-refractivity contribution is 6.04. The third-order valence-corrected chi connectivity index (χ3v) is 6.52. The van der Waals surface area contributed by atoms with E-state index >= 15 is 0 Å². The van der Waals surface area contributed by atoms with Crippen molar-refractivity contribution >= 4 is 11.6 Å². The Morgan fingerprint density at radius 1 is 1.11 bits per heavy atom. The molecule has 1 aromatic heterocycles. The van der Waals surface area contributed by atoms with Crippen LogP contribution in [0.1, 0.15) is 33.4 Å². The summed E-state index contributed by atoms with van der Waals surface area (Å²) in [5.74, 6) is 2.36. The van der Waals surface area contributed by atoms with Crippen LogP contribution < -0.4 is 19.5 Å². The number of likely N-dealkylation sites (N-methyl/N-ethyl adjacent to an activating group) is 1. The number of fused-ring (bicyclic) bond motifs is 2. The maximum atomic E-state index is 12.7. The number of nitrogens with one attached hydrogen (secondary N) is 1. The van der Waals surface area contributed by atoms with E-state index in [0.29, 0.717) is 34.3 Å². The van der Waals surface area contributed by atoms with Crippen LogP contribution in [0.3, 0.4) is 0 Å². The van der Waals surface area contributed by atoms with Crippen molar-refractivity contribution in [2.45, 2.75) is 12.5 Å². The van der Waals surface area contributed by atoms with E-state index in [1.165, 1.54) is 0 Å². The summed E-state index contributed by atoms with van der Waals surface area (Å²) >= 11 is 0. The van der Waals surface area contributed by atoms with E-state index in [9.17, 15) is 4.79 Å². The zero-order chi connectivity index (χ0) is 24.6. The Hall–Kier alpha value is -4.44. The molecule has 2 aliphatic rings. The van der Waals surface area contributed by atoms with Gasteiger partial charge in [0.2, 0.25) is 12.5 Å². The van der Waals surface area contributed by atoms with E-state index in [-0.39, 0.29) is 18.7 Å². The molecular weight excluding hydrogens is 460 g/mol. The SMILES string of the molecule is COc1c2c(cc3c1[C@H](c1nnnn1-c1cccc(NC(=O)c4ccccc4)c1)N(C)CC3)OCO2. The monoisotopic (exact) mass is 484 g/mol. The van der Waals surface area contributed by atoms with Crippen LogP contribution in [-0.2, 0) is 6.42 Å². The fourth-order valence-electron chi connectivity index (χ4n) is 4.82. The van der Waals surface area contributed by atoms with Crippen LogP contribution in [0.15, 0.2) is 60.7 Å². The molecule has 36 heavy (non-hydrogen) atoms. The summed E-state index contributed by atoms with van der Waals surface area (Å²) in [6, 6.07) is 18.3. The third-order valence-electron chi connectivity index (χ3n) is 6.52. The lowest BCUT2D eigenvalue weighted by atomic mass is 9.90. The average Bonchev–Trinajstić information content (AvgIpc) is 3.58. The standard InChI is InChI=1S/C26H24N6O4/c1-31-12-11-17-13-20-23(36-15-35-20)24(34-2)21(17)22(31)25-28-29-30-32(25)19-10-6-9-18(14-19)27-26(33)16-7-4-3-5-8-16/h3-10,13-14,22H,11-12,15H2,1-2H3,(H,27,33)/t22-/m1/s1. The summed E-state index contributed by atoms with van der Waals surface area (Å²) in [5, 5.41) is 15.7. The van der Waals surface area contributed by atoms with Crippen molar-refractivity contribution in [1.29, 1.82) is 0 Å². The first kappa shape index (κ1) is 22.1. The van der Waals surface area contributed by atoms with Crippen LogP contribution in [-0.4, -0.2) is 58.5 Å². The number of rotatable bonds is 5. The molecule has 0 radical (unpaired) electrons. The molecule has 10 heteroatoms. The molecule has 0 aliphatic carbocycles. The molecule has 0 spiro atoms. The summed E-state index contributed by atoms with van der Waals surface area (Å²) in [7, 11) is 3.66. The van der Waals surface area contributed by atoms with Crippen LogP contribution in [0.25, 0.3) is 5.69 Å². The molecule has 3 aromatic carbocycles. The van der Waals surface area contributed by atoms with Crippen molar-refractivity contribution in [1.82, 2.24) is 25.1 Å². The topological polar surface area (TPSA) is 104 Å². The summed E-state index contributed by atoms with van der Waals surface area (Å²) in [6.07, 6.45) is 0.831. The number of amides is 1. The van der Waals surface area contributed by atoms with E-state index in [1.807, 2.05) is 55.6 Å². The number of aromatic nitrogens is 4. The molecule has 1 N–H and O–H groups in total. The smallest absolute Gasteiger partial charge is 0.255 e. The molecule has 2 aliphatic heterocycles. The Kier molecular flexibility index (Phi) is 5.49. The fraction of sp³-hybridized carbons (Fsp3) is 0.231. The second kappa shape index (κ2) is 8.97. The van der Waals surface area contributed by atoms with Gasteiger partial charge in [-0.05, 0) is 65.9 Å². The lowest BCUT2D eigenvalue weighted by Crippen LogP contribution is -2.35. The van der Waals surface area contributed by atoms with Crippen LogP contribution in [0.5, 0.6) is 17.2 Å². The number of anilines is 1. The zero-order valence-electron chi connectivity index (χ0n) is 19.8. The van der Waals surface area contributed by atoms with E-state index in [1.54, 1.807) is 23.9 Å². The number of ether oxygens (including phenoxy) is 3. The molecule has 0 saturated heterocycles. The lowest BCUT2D eigenvalue weighted by Gasteiger charge is -2.34. The Morgan fingerprint density at radius 3 is 2.81 bits per heavy atom. The second-order valence-electron chi connectivity index (χ2n) is 8.67. The maximum absolute atomic E-state index is 12.7. The van der Waals surface area contributed by atoms with Crippen molar-refractivity contribution in [3.63, 3.8) is 0 Å². The first-order chi connectivity index (χ1) is 17.6. The van der Waals surface area contributed by atoms with Crippen molar-refractivity contribution in [2.75, 3.05) is 32.8 Å². The minimum absolute atomic E-state index is 0.161. The van der Waals surface area contributed by atoms with Crippen LogP contribution in [0, 0.1) is 0 Å². The quantitative estimate of drug-likeness (QED) is 0.461. The maximum Gasteiger partial charge on any atom is 0.255 e. The Labute approximate surface area is 207 Å². The third kappa shape index (κ3) is 3.72. The first-order valence-electron chi connectivity index (χ1n) is 11.6. The predicted molar refractivity (Wildman–Crippen MR) is 131 cm³/mol. The number of methoxy groups -OCH3 is 1. The number of hydrogen-bond acceptors (Lipinski definition) is 8. The number of hydrogen-bond donors (Lipinski definition) is 1. The van der Waals surface area contributed by atoms with Gasteiger partial charge in [0.15, 0.2) is 17.3 Å². The first-order valence-corrected chi connectivity index (χ1v) is 11.6. The summed E-state index contributed by atoms with van der Waals surface area (Å²) in [5.41, 5.74) is 4.01. The minimum atomic E-state index is -0.282. The molecule has 0 bridgehead atoms. The Morgan fingerprint density at radius 2 is 1.97 bits per heavy atom. The van der Waals surface area contributed by atoms with Gasteiger partial charge in [0.05, 0.1) is 12.8 Å². The van der Waals surface area contributed by atoms with Gasteiger partial charge in [-0.3, -0.25) is 9.69 Å². The van der Waals surface area contributed by atoms with Crippen LogP contribution in [0.4, 0.5) is 5.69 Å². The number of carbonyl (C=O) groups is 1. The van der Waals surface area contributed by atoms with Crippen molar-refractivity contribution in [3.8, 4) is 22.9 Å². The normalized spacial score (nSPS) is 16.4. The average molecular weight is 485 g/mol. The predicted octanol–water partition coefficient (Wildman–Crippen LogP) is 3.23. The molecule has 1 amide bonds. The number of nitrogens with zero attached hydrogens (tertiary/aromatic N) is 5. The highest BCUT2D eigenvalue weighted by Gasteiger charge is 2.37. The van der Waals surface area contributed by atoms with E-state index in [2.05, 4.69) is 25.7 Å². The molecule has 10 nitrogen and oxygen atoms in total. The molecule has 3 heterocycles. The van der Waals surface area contributed by atoms with Crippen LogP contribution in [0.2, 0.25) is 0 Å². The second-order valence-corrected chi connectivity index (χ2v) is 8.67. The zero-order valence-corrected chi connectivity index (χ0v) is 19.8. The van der Waals surface area contributed by atoms with Crippen molar-refractivity contribution in [2.24, 2.45) is 0 Å². The molecule has 6 rings (SSSR count). The minimum Gasteiger partial charge on any atom is -0.492 e. The number of benzene rings is 3. The van der Waals surface area contributed by atoms with E-state index in [0.717, 1.165) is 29.8 Å². The Bertz CT molecular complexity index is 1440. The molecular formula is C26H24N6O4. The molecule has 4 aromatic rings. The Balaban J connectivity index is 1.39. The molecule has 0 fully saturated rings. The van der Waals surface area contributed by atoms with Crippen LogP contribution >= 0.6 is 0 Å². The molecule has 0 unspecified atom stereocenters. The fourth-order valence-corrected chi connectivity index (χ4v) is 4.82. The number of tetrazole rings is 1. The van der Waals surface area contributed by atoms with Gasteiger partial charge >= 0.3 is 0 Å². The van der Waals surface area contributed by atoms with Gasteiger partial charge < -0.3 is 19.5 Å². The molecule has 182 valence electrons.